The first-order chi connectivity index (χ1) is 20.6. The normalized spacial score (nSPS) is 25.6. The molecular formula is C30H43N7O6. The van der Waals surface area contributed by atoms with E-state index in [0.717, 1.165) is 31.4 Å². The molecule has 2 aliphatic carbocycles. The number of Topliss-reactive ketones (excluding diaryl/α,β-unsaturated/α-hetero) is 1. The van der Waals surface area contributed by atoms with Crippen molar-refractivity contribution in [3.05, 3.63) is 23.3 Å². The highest BCUT2D eigenvalue weighted by molar-refractivity contribution is 5.89. The third-order valence-corrected chi connectivity index (χ3v) is 9.53. The van der Waals surface area contributed by atoms with E-state index in [4.69, 9.17) is 20.9 Å². The van der Waals surface area contributed by atoms with Crippen LogP contribution < -0.4 is 31.6 Å². The Labute approximate surface area is 251 Å². The number of likely N-dealkylation sites (N-methyl/N-ethyl adjacent to an activating group) is 2. The number of hydrogen-bond donors (Lipinski definition) is 4. The van der Waals surface area contributed by atoms with E-state index in [-0.39, 0.29) is 42.1 Å². The van der Waals surface area contributed by atoms with Crippen LogP contribution in [0.5, 0.6) is 11.5 Å². The van der Waals surface area contributed by atoms with Crippen LogP contribution in [0.25, 0.3) is 0 Å². The smallest absolute Gasteiger partial charge is 0.415 e. The number of nitrogens with two attached hydrogens (primary N) is 2. The summed E-state index contributed by atoms with van der Waals surface area (Å²) >= 11 is 0. The van der Waals surface area contributed by atoms with Gasteiger partial charge in [-0.15, -0.1) is 0 Å². The first-order valence-electron chi connectivity index (χ1n) is 15.2. The highest BCUT2D eigenvalue weighted by Gasteiger charge is 2.65. The van der Waals surface area contributed by atoms with Crippen LogP contribution in [0.2, 0.25) is 0 Å². The number of hydrogen-bond acceptors (Lipinski definition) is 8. The summed E-state index contributed by atoms with van der Waals surface area (Å²) in [5, 5.41) is 5.44. The lowest BCUT2D eigenvalue weighted by Crippen LogP contribution is -2.65. The molecule has 1 saturated heterocycles. The molecule has 1 aromatic rings. The summed E-state index contributed by atoms with van der Waals surface area (Å²) in [4.78, 5) is 58.7. The van der Waals surface area contributed by atoms with Gasteiger partial charge in [-0.25, -0.2) is 4.79 Å². The van der Waals surface area contributed by atoms with Crippen molar-refractivity contribution in [3.63, 3.8) is 0 Å². The molecule has 234 valence electrons. The Morgan fingerprint density at radius 1 is 1.30 bits per heavy atom. The number of nitrogens with zero attached hydrogens (tertiary/aromatic N) is 3. The van der Waals surface area contributed by atoms with Crippen LogP contribution >= 0.6 is 0 Å². The van der Waals surface area contributed by atoms with E-state index in [1.807, 2.05) is 13.0 Å². The minimum atomic E-state index is -0.751. The van der Waals surface area contributed by atoms with Crippen molar-refractivity contribution >= 4 is 29.7 Å². The Morgan fingerprint density at radius 3 is 2.81 bits per heavy atom. The predicted octanol–water partition coefficient (Wildman–Crippen LogP) is 0.420. The van der Waals surface area contributed by atoms with Crippen LogP contribution in [0, 0.1) is 5.92 Å². The van der Waals surface area contributed by atoms with E-state index in [1.54, 1.807) is 6.07 Å². The van der Waals surface area contributed by atoms with Gasteiger partial charge in [-0.3, -0.25) is 19.4 Å². The monoisotopic (exact) mass is 597 g/mol. The number of nitrogens with one attached hydrogen (secondary N) is 2. The first-order valence-corrected chi connectivity index (χ1v) is 15.2. The van der Waals surface area contributed by atoms with Crippen molar-refractivity contribution in [2.45, 2.75) is 76.0 Å². The van der Waals surface area contributed by atoms with Crippen LogP contribution in [0.4, 0.5) is 4.79 Å². The average Bonchev–Trinajstić information content (AvgIpc) is 3.32. The summed E-state index contributed by atoms with van der Waals surface area (Å²) in [5.41, 5.74) is 12.6. The summed E-state index contributed by atoms with van der Waals surface area (Å²) in [6.45, 7) is 5.11. The van der Waals surface area contributed by atoms with Gasteiger partial charge in [-0.2, -0.15) is 0 Å². The summed E-state index contributed by atoms with van der Waals surface area (Å²) in [6, 6.07) is 3.41. The average molecular weight is 598 g/mol. The standard InChI is InChI=1S/C30H43N7O6/c1-4-37(15-13-33-27(40)20(35-17(2)38)6-5-12-34-28(31)32)29(41)42-23-10-7-18-16-21-19-8-9-22(39)26-30(19,11-14-36(21)3)24(18)25(23)43-26/h7,10,19-21,26H,4-6,8-9,11-16H2,1-3H3,(H,33,40)(H,35,38)(H4,31,32,34)/t19-,20-,21+,26-,30-/m0/s1. The fourth-order valence-electron chi connectivity index (χ4n) is 7.58. The number of carbonyl (C=O) groups excluding carboxylic acids is 4. The molecule has 5 atom stereocenters. The molecule has 2 aliphatic heterocycles. The molecule has 3 amide bonds. The third-order valence-electron chi connectivity index (χ3n) is 9.53. The van der Waals surface area contributed by atoms with E-state index < -0.39 is 18.2 Å². The number of ketones is 1. The van der Waals surface area contributed by atoms with Crippen LogP contribution in [-0.4, -0.2) is 97.4 Å². The van der Waals surface area contributed by atoms with E-state index in [9.17, 15) is 19.2 Å². The Bertz CT molecular complexity index is 1310. The number of carbonyl (C=O) groups is 4. The first kappa shape index (κ1) is 30.6. The second-order valence-corrected chi connectivity index (χ2v) is 12.0. The van der Waals surface area contributed by atoms with Gasteiger partial charge in [-0.1, -0.05) is 6.07 Å². The highest BCUT2D eigenvalue weighted by atomic mass is 16.6. The van der Waals surface area contributed by atoms with E-state index >= 15 is 0 Å². The Kier molecular flexibility index (Phi) is 8.81. The number of rotatable bonds is 11. The molecule has 43 heavy (non-hydrogen) atoms. The lowest BCUT2D eigenvalue weighted by atomic mass is 9.52. The van der Waals surface area contributed by atoms with Gasteiger partial charge < -0.3 is 41.4 Å². The molecule has 2 fully saturated rings. The van der Waals surface area contributed by atoms with Crippen molar-refractivity contribution in [1.82, 2.24) is 20.4 Å². The SMILES string of the molecule is CCN(CCNC(=O)[C@H](CCCN=C(N)N)NC(C)=O)C(=O)Oc1ccc2c3c1O[C@H]1C(=O)CC[C@H]4[C@@H](C2)N(C)CC[C@]314. The zero-order valence-electron chi connectivity index (χ0n) is 25.2. The number of ether oxygens (including phenoxy) is 2. The largest absolute Gasteiger partial charge is 0.477 e. The molecule has 1 saturated carbocycles. The molecule has 1 aromatic carbocycles. The molecule has 0 aromatic heterocycles. The third kappa shape index (κ3) is 5.74. The van der Waals surface area contributed by atoms with Crippen molar-refractivity contribution < 1.29 is 28.7 Å². The maximum Gasteiger partial charge on any atom is 0.415 e. The van der Waals surface area contributed by atoms with Gasteiger partial charge >= 0.3 is 6.09 Å². The fourth-order valence-corrected chi connectivity index (χ4v) is 7.58. The number of piperidine rings is 1. The molecule has 13 heteroatoms. The topological polar surface area (TPSA) is 182 Å². The summed E-state index contributed by atoms with van der Waals surface area (Å²) in [5.74, 6) is 0.585. The van der Waals surface area contributed by atoms with Crippen molar-refractivity contribution in [2.24, 2.45) is 22.4 Å². The molecule has 2 heterocycles. The zero-order valence-corrected chi connectivity index (χ0v) is 25.2. The molecule has 13 nitrogen and oxygen atoms in total. The molecule has 0 radical (unpaired) electrons. The highest BCUT2D eigenvalue weighted by Crippen LogP contribution is 2.63. The van der Waals surface area contributed by atoms with E-state index in [0.29, 0.717) is 55.8 Å². The number of amides is 3. The number of likely N-dealkylation sites (tertiary alicyclic amines) is 1. The van der Waals surface area contributed by atoms with E-state index in [2.05, 4.69) is 27.6 Å². The molecule has 5 rings (SSSR count). The Morgan fingerprint density at radius 2 is 2.09 bits per heavy atom. The van der Waals surface area contributed by atoms with Crippen molar-refractivity contribution in [2.75, 3.05) is 39.8 Å². The van der Waals surface area contributed by atoms with Gasteiger partial charge in [0.05, 0.1) is 0 Å². The second kappa shape index (κ2) is 12.4. The second-order valence-electron chi connectivity index (χ2n) is 12.0. The Hall–Kier alpha value is -3.87. The fraction of sp³-hybridized carbons (Fsp3) is 0.633. The van der Waals surface area contributed by atoms with Gasteiger partial charge in [-0.05, 0) is 70.2 Å². The summed E-state index contributed by atoms with van der Waals surface area (Å²) in [6.07, 6.45) is 2.83. The molecule has 6 N–H and O–H groups in total. The van der Waals surface area contributed by atoms with Gasteiger partial charge in [0, 0.05) is 56.5 Å². The van der Waals surface area contributed by atoms with Gasteiger partial charge in [0.15, 0.2) is 29.3 Å². The van der Waals surface area contributed by atoms with Crippen molar-refractivity contribution in [3.8, 4) is 11.5 Å². The number of guanidine groups is 1. The minimum absolute atomic E-state index is 0.0334. The molecule has 0 unspecified atom stereocenters. The number of aliphatic imine (C=N–C) groups is 1. The minimum Gasteiger partial charge on any atom is -0.477 e. The Balaban J connectivity index is 1.24. The lowest BCUT2D eigenvalue weighted by molar-refractivity contribution is -0.138. The van der Waals surface area contributed by atoms with Gasteiger partial charge in [0.25, 0.3) is 0 Å². The number of benzene rings is 1. The van der Waals surface area contributed by atoms with Crippen LogP contribution in [0.3, 0.4) is 0 Å². The quantitative estimate of drug-likeness (QED) is 0.160. The maximum absolute atomic E-state index is 13.3. The zero-order chi connectivity index (χ0) is 30.9. The van der Waals surface area contributed by atoms with E-state index in [1.165, 1.54) is 17.4 Å². The van der Waals surface area contributed by atoms with Gasteiger partial charge in [0.2, 0.25) is 11.8 Å². The van der Waals surface area contributed by atoms with Crippen LogP contribution in [-0.2, 0) is 26.2 Å². The van der Waals surface area contributed by atoms with Crippen molar-refractivity contribution in [1.29, 1.82) is 0 Å². The molecule has 1 spiro atoms. The molecular weight excluding hydrogens is 554 g/mol. The lowest BCUT2D eigenvalue weighted by Gasteiger charge is -2.57. The van der Waals surface area contributed by atoms with Gasteiger partial charge in [0.1, 0.15) is 6.04 Å². The summed E-state index contributed by atoms with van der Waals surface area (Å²) < 4.78 is 12.3. The molecule has 2 bridgehead atoms. The summed E-state index contributed by atoms with van der Waals surface area (Å²) in [7, 11) is 2.16. The predicted molar refractivity (Wildman–Crippen MR) is 159 cm³/mol. The van der Waals surface area contributed by atoms with Crippen LogP contribution in [0.15, 0.2) is 17.1 Å². The molecule has 4 aliphatic rings. The van der Waals surface area contributed by atoms with Crippen LogP contribution in [0.1, 0.15) is 57.1 Å². The maximum atomic E-state index is 13.3.